The number of hydrogen-bond donors (Lipinski definition) is 0. The summed E-state index contributed by atoms with van der Waals surface area (Å²) in [6.45, 7) is 8.06. The molecule has 0 saturated carbocycles. The Balaban J connectivity index is 2.78. The SMILES string of the molecule is C=Cc1c(/C=C\C)sc2cc(C)ccc12. The zero-order chi connectivity index (χ0) is 10.8. The maximum absolute atomic E-state index is 3.89. The van der Waals surface area contributed by atoms with Gasteiger partial charge in [0, 0.05) is 15.0 Å². The number of fused-ring (bicyclic) bond motifs is 1. The second-order valence-corrected chi connectivity index (χ2v) is 4.67. The van der Waals surface area contributed by atoms with Gasteiger partial charge in [-0.25, -0.2) is 0 Å². The molecule has 0 N–H and O–H groups in total. The number of hydrogen-bond acceptors (Lipinski definition) is 1. The van der Waals surface area contributed by atoms with Crippen LogP contribution in [0.15, 0.2) is 30.9 Å². The van der Waals surface area contributed by atoms with E-state index in [0.29, 0.717) is 0 Å². The van der Waals surface area contributed by atoms with Crippen molar-refractivity contribution in [1.82, 2.24) is 0 Å². The van der Waals surface area contributed by atoms with Crippen LogP contribution in [0.25, 0.3) is 22.2 Å². The second kappa shape index (κ2) is 4.03. The minimum Gasteiger partial charge on any atom is -0.135 e. The van der Waals surface area contributed by atoms with E-state index in [1.807, 2.05) is 24.3 Å². The third-order valence-electron chi connectivity index (χ3n) is 2.43. The molecule has 15 heavy (non-hydrogen) atoms. The van der Waals surface area contributed by atoms with Gasteiger partial charge in [0.15, 0.2) is 0 Å². The summed E-state index contributed by atoms with van der Waals surface area (Å²) in [5.41, 5.74) is 2.57. The Morgan fingerprint density at radius 1 is 1.33 bits per heavy atom. The minimum absolute atomic E-state index is 1.26. The molecule has 0 unspecified atom stereocenters. The second-order valence-electron chi connectivity index (χ2n) is 3.58. The van der Waals surface area contributed by atoms with Gasteiger partial charge < -0.3 is 0 Å². The van der Waals surface area contributed by atoms with Gasteiger partial charge in [-0.05, 0) is 37.1 Å². The first-order valence-corrected chi connectivity index (χ1v) is 5.86. The predicted molar refractivity (Wildman–Crippen MR) is 71.4 cm³/mol. The number of thiophene rings is 1. The van der Waals surface area contributed by atoms with Crippen LogP contribution in [0.5, 0.6) is 0 Å². The summed E-state index contributed by atoms with van der Waals surface area (Å²) in [4.78, 5) is 1.30. The molecular weight excluding hydrogens is 200 g/mol. The Kier molecular flexibility index (Phi) is 2.74. The van der Waals surface area contributed by atoms with Crippen molar-refractivity contribution in [2.75, 3.05) is 0 Å². The zero-order valence-electron chi connectivity index (χ0n) is 9.08. The molecule has 0 saturated heterocycles. The van der Waals surface area contributed by atoms with Crippen molar-refractivity contribution >= 4 is 33.6 Å². The molecule has 0 amide bonds. The fourth-order valence-corrected chi connectivity index (χ4v) is 3.01. The van der Waals surface area contributed by atoms with Crippen molar-refractivity contribution in [1.29, 1.82) is 0 Å². The van der Waals surface area contributed by atoms with Crippen LogP contribution in [0.4, 0.5) is 0 Å². The van der Waals surface area contributed by atoms with E-state index >= 15 is 0 Å². The van der Waals surface area contributed by atoms with E-state index in [0.717, 1.165) is 0 Å². The standard InChI is InChI=1S/C14H14S/c1-4-6-13-11(5-2)12-8-7-10(3)9-14(12)15-13/h4-9H,2H2,1,3H3/b6-4-. The summed E-state index contributed by atoms with van der Waals surface area (Å²) in [5, 5.41) is 1.31. The first kappa shape index (κ1) is 10.2. The van der Waals surface area contributed by atoms with Crippen LogP contribution >= 0.6 is 11.3 Å². The van der Waals surface area contributed by atoms with Gasteiger partial charge in [-0.1, -0.05) is 30.9 Å². The lowest BCUT2D eigenvalue weighted by atomic mass is 10.1. The smallest absolute Gasteiger partial charge is 0.0358 e. The highest BCUT2D eigenvalue weighted by Gasteiger charge is 2.06. The molecule has 1 aromatic heterocycles. The summed E-state index contributed by atoms with van der Waals surface area (Å²) in [6, 6.07) is 6.58. The minimum atomic E-state index is 1.26. The molecule has 0 radical (unpaired) electrons. The number of rotatable bonds is 2. The van der Waals surface area contributed by atoms with Crippen LogP contribution in [0.2, 0.25) is 0 Å². The molecule has 0 aliphatic rings. The molecule has 0 bridgehead atoms. The topological polar surface area (TPSA) is 0 Å². The Labute approximate surface area is 94.6 Å². The lowest BCUT2D eigenvalue weighted by Gasteiger charge is -1.94. The maximum atomic E-state index is 3.89. The average Bonchev–Trinajstić information content (AvgIpc) is 2.54. The quantitative estimate of drug-likeness (QED) is 0.668. The van der Waals surface area contributed by atoms with E-state index in [1.165, 1.54) is 26.1 Å². The molecule has 2 rings (SSSR count). The van der Waals surface area contributed by atoms with Crippen molar-refractivity contribution in [3.63, 3.8) is 0 Å². The van der Waals surface area contributed by atoms with Crippen LogP contribution < -0.4 is 0 Å². The van der Waals surface area contributed by atoms with Crippen LogP contribution in [-0.2, 0) is 0 Å². The van der Waals surface area contributed by atoms with Crippen molar-refractivity contribution in [2.24, 2.45) is 0 Å². The Morgan fingerprint density at radius 3 is 2.80 bits per heavy atom. The van der Waals surface area contributed by atoms with Gasteiger partial charge in [0.05, 0.1) is 0 Å². The lowest BCUT2D eigenvalue weighted by molar-refractivity contribution is 1.52. The summed E-state index contributed by atoms with van der Waals surface area (Å²) < 4.78 is 1.35. The molecular formula is C14H14S. The molecule has 0 aliphatic carbocycles. The normalized spacial score (nSPS) is 11.3. The van der Waals surface area contributed by atoms with Gasteiger partial charge >= 0.3 is 0 Å². The first-order chi connectivity index (χ1) is 7.26. The van der Waals surface area contributed by atoms with Crippen molar-refractivity contribution in [2.45, 2.75) is 13.8 Å². The summed E-state index contributed by atoms with van der Waals surface area (Å²) in [7, 11) is 0. The highest BCUT2D eigenvalue weighted by Crippen LogP contribution is 2.33. The monoisotopic (exact) mass is 214 g/mol. The summed E-state index contributed by atoms with van der Waals surface area (Å²) >= 11 is 1.83. The molecule has 0 spiro atoms. The van der Waals surface area contributed by atoms with E-state index in [-0.39, 0.29) is 0 Å². The molecule has 0 atom stereocenters. The molecule has 2 aromatic rings. The molecule has 1 heteroatoms. The van der Waals surface area contributed by atoms with E-state index in [2.05, 4.69) is 43.9 Å². The molecule has 0 fully saturated rings. The molecule has 1 heterocycles. The number of aryl methyl sites for hydroxylation is 1. The lowest BCUT2D eigenvalue weighted by Crippen LogP contribution is -1.73. The van der Waals surface area contributed by atoms with Crippen LogP contribution in [0.1, 0.15) is 22.9 Å². The molecule has 1 aromatic carbocycles. The highest BCUT2D eigenvalue weighted by molar-refractivity contribution is 7.20. The number of allylic oxidation sites excluding steroid dienone is 1. The third-order valence-corrected chi connectivity index (χ3v) is 3.57. The molecule has 0 aliphatic heterocycles. The fourth-order valence-electron chi connectivity index (χ4n) is 1.73. The fraction of sp³-hybridized carbons (Fsp3) is 0.143. The zero-order valence-corrected chi connectivity index (χ0v) is 9.90. The number of benzene rings is 1. The van der Waals surface area contributed by atoms with E-state index < -0.39 is 0 Å². The Hall–Kier alpha value is -1.34. The van der Waals surface area contributed by atoms with E-state index in [1.54, 1.807) is 0 Å². The summed E-state index contributed by atoms with van der Waals surface area (Å²) in [5.74, 6) is 0. The highest BCUT2D eigenvalue weighted by atomic mass is 32.1. The molecule has 0 nitrogen and oxygen atoms in total. The van der Waals surface area contributed by atoms with Crippen LogP contribution in [0, 0.1) is 6.92 Å². The van der Waals surface area contributed by atoms with Gasteiger partial charge in [0.2, 0.25) is 0 Å². The van der Waals surface area contributed by atoms with Gasteiger partial charge in [-0.15, -0.1) is 11.3 Å². The van der Waals surface area contributed by atoms with E-state index in [4.69, 9.17) is 0 Å². The Morgan fingerprint density at radius 2 is 2.13 bits per heavy atom. The van der Waals surface area contributed by atoms with Gasteiger partial charge in [0.1, 0.15) is 0 Å². The molecule has 76 valence electrons. The average molecular weight is 214 g/mol. The summed E-state index contributed by atoms with van der Waals surface area (Å²) in [6.07, 6.45) is 6.17. The van der Waals surface area contributed by atoms with Crippen LogP contribution in [0.3, 0.4) is 0 Å². The predicted octanol–water partition coefficient (Wildman–Crippen LogP) is 4.89. The van der Waals surface area contributed by atoms with Crippen LogP contribution in [-0.4, -0.2) is 0 Å². The van der Waals surface area contributed by atoms with Gasteiger partial charge in [-0.3, -0.25) is 0 Å². The van der Waals surface area contributed by atoms with Gasteiger partial charge in [-0.2, -0.15) is 0 Å². The van der Waals surface area contributed by atoms with Crippen molar-refractivity contribution in [3.8, 4) is 0 Å². The van der Waals surface area contributed by atoms with Crippen molar-refractivity contribution < 1.29 is 0 Å². The first-order valence-electron chi connectivity index (χ1n) is 5.04. The van der Waals surface area contributed by atoms with Gasteiger partial charge in [0.25, 0.3) is 0 Å². The largest absolute Gasteiger partial charge is 0.135 e. The van der Waals surface area contributed by atoms with Crippen molar-refractivity contribution in [3.05, 3.63) is 46.9 Å². The third kappa shape index (κ3) is 1.75. The maximum Gasteiger partial charge on any atom is 0.0358 e. The van der Waals surface area contributed by atoms with E-state index in [9.17, 15) is 0 Å². The Bertz CT molecular complexity index is 530.